The van der Waals surface area contributed by atoms with Crippen LogP contribution in [0.5, 0.6) is 5.75 Å². The van der Waals surface area contributed by atoms with Crippen molar-refractivity contribution in [2.24, 2.45) is 0 Å². The van der Waals surface area contributed by atoms with Crippen LogP contribution in [0.1, 0.15) is 12.5 Å². The van der Waals surface area contributed by atoms with Crippen molar-refractivity contribution in [2.75, 3.05) is 31.6 Å². The third kappa shape index (κ3) is 3.37. The molecule has 1 saturated heterocycles. The van der Waals surface area contributed by atoms with E-state index in [0.29, 0.717) is 6.04 Å². The standard InChI is InChI=1S/C22H25N3O/c1-17-15-25(14-13-24(17)16-18-7-4-3-5-8-18)22-12-11-19-20(23-22)9-6-10-21(19)26-2/h3-12,17H,13-16H2,1-2H3. The lowest BCUT2D eigenvalue weighted by atomic mass is 10.1. The van der Waals surface area contributed by atoms with Crippen LogP contribution in [0.25, 0.3) is 10.9 Å². The van der Waals surface area contributed by atoms with E-state index in [9.17, 15) is 0 Å². The van der Waals surface area contributed by atoms with Crippen LogP contribution in [0.3, 0.4) is 0 Å². The Morgan fingerprint density at radius 2 is 1.85 bits per heavy atom. The minimum atomic E-state index is 0.492. The molecule has 0 spiro atoms. The number of pyridine rings is 1. The SMILES string of the molecule is COc1cccc2nc(N3CCN(Cc4ccccc4)C(C)C3)ccc12. The van der Waals surface area contributed by atoms with Gasteiger partial charge in [-0.15, -0.1) is 0 Å². The molecule has 0 amide bonds. The summed E-state index contributed by atoms with van der Waals surface area (Å²) in [6.07, 6.45) is 0. The van der Waals surface area contributed by atoms with Crippen molar-refractivity contribution in [3.63, 3.8) is 0 Å². The first kappa shape index (κ1) is 16.9. The normalized spacial score (nSPS) is 18.2. The van der Waals surface area contributed by atoms with E-state index in [2.05, 4.69) is 65.3 Å². The molecule has 1 unspecified atom stereocenters. The second-order valence-electron chi connectivity index (χ2n) is 6.95. The lowest BCUT2D eigenvalue weighted by molar-refractivity contribution is 0.180. The van der Waals surface area contributed by atoms with E-state index in [-0.39, 0.29) is 0 Å². The van der Waals surface area contributed by atoms with Crippen molar-refractivity contribution in [1.29, 1.82) is 0 Å². The van der Waals surface area contributed by atoms with Crippen molar-refractivity contribution < 1.29 is 4.74 Å². The van der Waals surface area contributed by atoms with Gasteiger partial charge in [0.15, 0.2) is 0 Å². The molecule has 4 rings (SSSR count). The van der Waals surface area contributed by atoms with Gasteiger partial charge in [-0.05, 0) is 36.8 Å². The fourth-order valence-corrected chi connectivity index (χ4v) is 3.73. The molecule has 3 aromatic rings. The first-order valence-electron chi connectivity index (χ1n) is 9.21. The number of piperazine rings is 1. The second-order valence-corrected chi connectivity index (χ2v) is 6.95. The zero-order valence-corrected chi connectivity index (χ0v) is 15.4. The van der Waals surface area contributed by atoms with Gasteiger partial charge in [0.05, 0.1) is 12.6 Å². The molecule has 26 heavy (non-hydrogen) atoms. The summed E-state index contributed by atoms with van der Waals surface area (Å²) >= 11 is 0. The lowest BCUT2D eigenvalue weighted by Gasteiger charge is -2.40. The van der Waals surface area contributed by atoms with Gasteiger partial charge in [0.25, 0.3) is 0 Å². The fourth-order valence-electron chi connectivity index (χ4n) is 3.73. The molecule has 0 bridgehead atoms. The van der Waals surface area contributed by atoms with Crippen molar-refractivity contribution in [1.82, 2.24) is 9.88 Å². The van der Waals surface area contributed by atoms with Gasteiger partial charge in [-0.2, -0.15) is 0 Å². The van der Waals surface area contributed by atoms with E-state index in [1.54, 1.807) is 7.11 Å². The summed E-state index contributed by atoms with van der Waals surface area (Å²) in [7, 11) is 1.70. The number of nitrogens with zero attached hydrogens (tertiary/aromatic N) is 3. The van der Waals surface area contributed by atoms with Gasteiger partial charge in [0, 0.05) is 37.6 Å². The monoisotopic (exact) mass is 347 g/mol. The van der Waals surface area contributed by atoms with Gasteiger partial charge in [-0.1, -0.05) is 36.4 Å². The molecule has 1 aromatic heterocycles. The zero-order chi connectivity index (χ0) is 17.9. The van der Waals surface area contributed by atoms with Crippen LogP contribution in [0, 0.1) is 0 Å². The summed E-state index contributed by atoms with van der Waals surface area (Å²) in [6, 6.07) is 21.5. The third-order valence-corrected chi connectivity index (χ3v) is 5.21. The van der Waals surface area contributed by atoms with Crippen LogP contribution < -0.4 is 9.64 Å². The highest BCUT2D eigenvalue weighted by Gasteiger charge is 2.24. The Labute approximate surface area is 155 Å². The molecule has 2 aromatic carbocycles. The van der Waals surface area contributed by atoms with E-state index in [1.807, 2.05) is 12.1 Å². The number of hydrogen-bond acceptors (Lipinski definition) is 4. The minimum absolute atomic E-state index is 0.492. The van der Waals surface area contributed by atoms with Crippen molar-refractivity contribution in [3.05, 3.63) is 66.2 Å². The van der Waals surface area contributed by atoms with E-state index >= 15 is 0 Å². The number of hydrogen-bond donors (Lipinski definition) is 0. The smallest absolute Gasteiger partial charge is 0.129 e. The Bertz CT molecular complexity index is 881. The predicted molar refractivity (Wildman–Crippen MR) is 107 cm³/mol. The Balaban J connectivity index is 1.49. The van der Waals surface area contributed by atoms with Crippen LogP contribution in [0.4, 0.5) is 5.82 Å². The maximum Gasteiger partial charge on any atom is 0.129 e. The Hall–Kier alpha value is -2.59. The molecular formula is C22H25N3O. The first-order valence-corrected chi connectivity index (χ1v) is 9.21. The van der Waals surface area contributed by atoms with Gasteiger partial charge in [-0.3, -0.25) is 4.90 Å². The summed E-state index contributed by atoms with van der Waals surface area (Å²) in [6.45, 7) is 6.36. The summed E-state index contributed by atoms with van der Waals surface area (Å²) in [5, 5.41) is 1.06. The summed E-state index contributed by atoms with van der Waals surface area (Å²) < 4.78 is 5.44. The highest BCUT2D eigenvalue weighted by atomic mass is 16.5. The molecule has 4 heteroatoms. The van der Waals surface area contributed by atoms with Crippen LogP contribution in [-0.4, -0.2) is 42.7 Å². The molecule has 0 aliphatic carbocycles. The number of aromatic nitrogens is 1. The van der Waals surface area contributed by atoms with Crippen molar-refractivity contribution in [2.45, 2.75) is 19.5 Å². The molecule has 1 fully saturated rings. The van der Waals surface area contributed by atoms with Crippen LogP contribution in [0.15, 0.2) is 60.7 Å². The van der Waals surface area contributed by atoms with Gasteiger partial charge in [0.1, 0.15) is 11.6 Å². The number of anilines is 1. The quantitative estimate of drug-likeness (QED) is 0.714. The zero-order valence-electron chi connectivity index (χ0n) is 15.4. The number of benzene rings is 2. The number of ether oxygens (including phenoxy) is 1. The molecule has 1 aliphatic heterocycles. The van der Waals surface area contributed by atoms with Gasteiger partial charge in [-0.25, -0.2) is 4.98 Å². The maximum atomic E-state index is 5.44. The molecular weight excluding hydrogens is 322 g/mol. The van der Waals surface area contributed by atoms with E-state index < -0.39 is 0 Å². The summed E-state index contributed by atoms with van der Waals surface area (Å²) in [4.78, 5) is 9.82. The number of fused-ring (bicyclic) bond motifs is 1. The first-order chi connectivity index (χ1) is 12.7. The average Bonchev–Trinajstić information content (AvgIpc) is 2.69. The molecule has 1 atom stereocenters. The van der Waals surface area contributed by atoms with Crippen molar-refractivity contribution >= 4 is 16.7 Å². The average molecular weight is 347 g/mol. The molecule has 4 nitrogen and oxygen atoms in total. The van der Waals surface area contributed by atoms with E-state index in [4.69, 9.17) is 9.72 Å². The Morgan fingerprint density at radius 3 is 2.62 bits per heavy atom. The molecule has 1 aliphatic rings. The molecule has 0 saturated carbocycles. The maximum absolute atomic E-state index is 5.44. The topological polar surface area (TPSA) is 28.6 Å². The van der Waals surface area contributed by atoms with Gasteiger partial charge < -0.3 is 9.64 Å². The minimum Gasteiger partial charge on any atom is -0.496 e. The van der Waals surface area contributed by atoms with Crippen LogP contribution >= 0.6 is 0 Å². The lowest BCUT2D eigenvalue weighted by Crippen LogP contribution is -2.51. The van der Waals surface area contributed by atoms with E-state index in [1.165, 1.54) is 5.56 Å². The highest BCUT2D eigenvalue weighted by molar-refractivity contribution is 5.86. The van der Waals surface area contributed by atoms with Crippen LogP contribution in [-0.2, 0) is 6.54 Å². The number of rotatable bonds is 4. The van der Waals surface area contributed by atoms with Crippen LogP contribution in [0.2, 0.25) is 0 Å². The third-order valence-electron chi connectivity index (χ3n) is 5.21. The van der Waals surface area contributed by atoms with Gasteiger partial charge >= 0.3 is 0 Å². The Morgan fingerprint density at radius 1 is 1.00 bits per heavy atom. The largest absolute Gasteiger partial charge is 0.496 e. The molecule has 0 radical (unpaired) electrons. The van der Waals surface area contributed by atoms with Gasteiger partial charge in [0.2, 0.25) is 0 Å². The fraction of sp³-hybridized carbons (Fsp3) is 0.318. The number of methoxy groups -OCH3 is 1. The van der Waals surface area contributed by atoms with E-state index in [0.717, 1.165) is 48.6 Å². The predicted octanol–water partition coefficient (Wildman–Crippen LogP) is 3.95. The Kier molecular flexibility index (Phi) is 4.76. The molecule has 0 N–H and O–H groups in total. The second kappa shape index (κ2) is 7.34. The van der Waals surface area contributed by atoms with Crippen molar-refractivity contribution in [3.8, 4) is 5.75 Å². The molecule has 134 valence electrons. The molecule has 2 heterocycles. The highest BCUT2D eigenvalue weighted by Crippen LogP contribution is 2.27. The summed E-state index contributed by atoms with van der Waals surface area (Å²) in [5.74, 6) is 1.93. The summed E-state index contributed by atoms with van der Waals surface area (Å²) in [5.41, 5.74) is 2.37.